The number of nitrogens with two attached hydrogens (primary N) is 1. The topological polar surface area (TPSA) is 108 Å². The summed E-state index contributed by atoms with van der Waals surface area (Å²) in [5.41, 5.74) is 7.47. The van der Waals surface area contributed by atoms with Gasteiger partial charge in [-0.05, 0) is 71.8 Å². The molecular formula is C21H26IN2O5P. The molecule has 0 radical (unpaired) electrons. The van der Waals surface area contributed by atoms with Gasteiger partial charge in [0.25, 0.3) is 5.91 Å². The Morgan fingerprint density at radius 2 is 1.53 bits per heavy atom. The van der Waals surface area contributed by atoms with Crippen LogP contribution in [0.2, 0.25) is 0 Å². The van der Waals surface area contributed by atoms with Crippen LogP contribution in [0.15, 0.2) is 48.5 Å². The van der Waals surface area contributed by atoms with Crippen LogP contribution in [0.25, 0.3) is 0 Å². The molecule has 0 bridgehead atoms. The molecule has 0 fully saturated rings. The van der Waals surface area contributed by atoms with Crippen molar-refractivity contribution >= 4 is 42.0 Å². The maximum absolute atomic E-state index is 12.6. The van der Waals surface area contributed by atoms with Gasteiger partial charge in [0.2, 0.25) is 5.91 Å². The highest BCUT2D eigenvalue weighted by molar-refractivity contribution is 14.1. The molecule has 7 nitrogen and oxygen atoms in total. The molecule has 30 heavy (non-hydrogen) atoms. The Hall–Kier alpha value is -1.74. The van der Waals surface area contributed by atoms with E-state index in [0.717, 1.165) is 14.7 Å². The summed E-state index contributed by atoms with van der Waals surface area (Å²) in [6.45, 7) is 4.08. The molecule has 0 saturated carbocycles. The molecule has 0 aliphatic heterocycles. The van der Waals surface area contributed by atoms with Crippen molar-refractivity contribution in [2.45, 2.75) is 32.5 Å². The third-order valence-corrected chi connectivity index (χ3v) is 7.02. The van der Waals surface area contributed by atoms with E-state index in [4.69, 9.17) is 14.8 Å². The van der Waals surface area contributed by atoms with Crippen molar-refractivity contribution in [3.05, 3.63) is 68.8 Å². The van der Waals surface area contributed by atoms with Crippen LogP contribution in [0.4, 0.5) is 0 Å². The van der Waals surface area contributed by atoms with Crippen LogP contribution in [-0.2, 0) is 31.0 Å². The molecule has 0 aliphatic rings. The number of amides is 2. The average molecular weight is 544 g/mol. The first-order valence-electron chi connectivity index (χ1n) is 9.58. The molecule has 0 aromatic heterocycles. The molecular weight excluding hydrogens is 518 g/mol. The third kappa shape index (κ3) is 7.50. The van der Waals surface area contributed by atoms with Gasteiger partial charge in [-0.25, -0.2) is 0 Å². The van der Waals surface area contributed by atoms with Crippen LogP contribution in [0.1, 0.15) is 35.3 Å². The number of benzene rings is 2. The monoisotopic (exact) mass is 544 g/mol. The molecule has 0 spiro atoms. The smallest absolute Gasteiger partial charge is 0.335 e. The fourth-order valence-electron chi connectivity index (χ4n) is 2.83. The summed E-state index contributed by atoms with van der Waals surface area (Å²) in [4.78, 5) is 24.4. The van der Waals surface area contributed by atoms with Crippen molar-refractivity contribution in [2.75, 3.05) is 13.2 Å². The van der Waals surface area contributed by atoms with Gasteiger partial charge in [0.1, 0.15) is 6.04 Å². The Morgan fingerprint density at radius 3 is 2.03 bits per heavy atom. The molecule has 9 heteroatoms. The fraction of sp³-hybridized carbons (Fsp3) is 0.333. The zero-order valence-corrected chi connectivity index (χ0v) is 20.0. The second kappa shape index (κ2) is 11.6. The lowest BCUT2D eigenvalue weighted by molar-refractivity contribution is -0.119. The summed E-state index contributed by atoms with van der Waals surface area (Å²) >= 11 is 2.20. The fourth-order valence-corrected chi connectivity index (χ4v) is 4.89. The van der Waals surface area contributed by atoms with Gasteiger partial charge in [-0.2, -0.15) is 0 Å². The maximum atomic E-state index is 12.6. The summed E-state index contributed by atoms with van der Waals surface area (Å²) < 4.78 is 24.3. The Kier molecular flexibility index (Phi) is 9.48. The van der Waals surface area contributed by atoms with Gasteiger partial charge in [-0.1, -0.05) is 24.3 Å². The summed E-state index contributed by atoms with van der Waals surface area (Å²) in [5.74, 6) is -1.01. The molecule has 0 saturated heterocycles. The minimum Gasteiger partial charge on any atom is -0.368 e. The number of nitrogens with one attached hydrogen (secondary N) is 1. The number of hydrogen-bond acceptors (Lipinski definition) is 5. The Morgan fingerprint density at radius 1 is 1.00 bits per heavy atom. The van der Waals surface area contributed by atoms with Crippen LogP contribution in [0.3, 0.4) is 0 Å². The number of halogens is 1. The van der Waals surface area contributed by atoms with E-state index in [2.05, 4.69) is 27.9 Å². The van der Waals surface area contributed by atoms with Crippen LogP contribution in [-0.4, -0.2) is 31.1 Å². The van der Waals surface area contributed by atoms with Gasteiger partial charge in [-0.15, -0.1) is 0 Å². The van der Waals surface area contributed by atoms with Crippen LogP contribution < -0.4 is 11.1 Å². The molecule has 2 aromatic rings. The highest BCUT2D eigenvalue weighted by atomic mass is 127. The second-order valence-corrected chi connectivity index (χ2v) is 9.86. The first kappa shape index (κ1) is 24.5. The minimum absolute atomic E-state index is 0.118. The molecule has 2 aromatic carbocycles. The molecule has 0 heterocycles. The van der Waals surface area contributed by atoms with E-state index in [-0.39, 0.29) is 19.4 Å². The van der Waals surface area contributed by atoms with E-state index in [0.29, 0.717) is 12.0 Å². The van der Waals surface area contributed by atoms with E-state index in [9.17, 15) is 14.2 Å². The van der Waals surface area contributed by atoms with Gasteiger partial charge < -0.3 is 20.1 Å². The number of carbonyl (C=O) groups is 2. The molecule has 162 valence electrons. The van der Waals surface area contributed by atoms with E-state index in [1.54, 1.807) is 38.1 Å². The maximum Gasteiger partial charge on any atom is 0.335 e. The molecule has 2 amide bonds. The van der Waals surface area contributed by atoms with E-state index >= 15 is 0 Å². The number of primary amides is 1. The summed E-state index contributed by atoms with van der Waals surface area (Å²) in [6.07, 6.45) is 0.426. The highest BCUT2D eigenvalue weighted by Crippen LogP contribution is 2.51. The quantitative estimate of drug-likeness (QED) is 0.330. The number of rotatable bonds is 11. The summed E-state index contributed by atoms with van der Waals surface area (Å²) in [6, 6.07) is 13.4. The largest absolute Gasteiger partial charge is 0.368 e. The van der Waals surface area contributed by atoms with E-state index in [1.165, 1.54) is 0 Å². The first-order valence-corrected chi connectivity index (χ1v) is 12.4. The third-order valence-electron chi connectivity index (χ3n) is 4.25. The standard InChI is InChI=1S/C21H26IN2O5P/c1-3-28-30(27,29-4-2)14-16-5-9-17(10-6-16)21(26)24-19(20(23)25)13-15-7-11-18(22)12-8-15/h5-12,19H,3-4,13-14H2,1-2H3,(H2,23,25)(H,24,26)/t19-/m0/s1. The lowest BCUT2D eigenvalue weighted by Gasteiger charge is -2.17. The molecule has 0 unspecified atom stereocenters. The normalized spacial score (nSPS) is 12.4. The lowest BCUT2D eigenvalue weighted by Crippen LogP contribution is -2.45. The zero-order chi connectivity index (χ0) is 22.1. The van der Waals surface area contributed by atoms with Gasteiger partial charge in [0.15, 0.2) is 0 Å². The summed E-state index contributed by atoms with van der Waals surface area (Å²) in [7, 11) is -3.22. The average Bonchev–Trinajstić information content (AvgIpc) is 2.69. The molecule has 1 atom stereocenters. The molecule has 3 N–H and O–H groups in total. The Labute approximate surface area is 190 Å². The molecule has 0 aliphatic carbocycles. The predicted molar refractivity (Wildman–Crippen MR) is 124 cm³/mol. The van der Waals surface area contributed by atoms with Crippen LogP contribution >= 0.6 is 30.2 Å². The van der Waals surface area contributed by atoms with Gasteiger partial charge >= 0.3 is 7.60 Å². The zero-order valence-electron chi connectivity index (χ0n) is 17.0. The first-order chi connectivity index (χ1) is 14.3. The van der Waals surface area contributed by atoms with E-state index in [1.807, 2.05) is 24.3 Å². The predicted octanol–water partition coefficient (Wildman–Crippen LogP) is 3.88. The second-order valence-electron chi connectivity index (χ2n) is 6.56. The van der Waals surface area contributed by atoms with Crippen LogP contribution in [0, 0.1) is 3.57 Å². The van der Waals surface area contributed by atoms with Gasteiger partial charge in [-0.3, -0.25) is 14.2 Å². The lowest BCUT2D eigenvalue weighted by atomic mass is 10.0. The van der Waals surface area contributed by atoms with Crippen molar-refractivity contribution < 1.29 is 23.2 Å². The van der Waals surface area contributed by atoms with Gasteiger partial charge in [0, 0.05) is 15.6 Å². The van der Waals surface area contributed by atoms with Crippen LogP contribution in [0.5, 0.6) is 0 Å². The minimum atomic E-state index is -3.22. The van der Waals surface area contributed by atoms with Crippen molar-refractivity contribution in [1.82, 2.24) is 5.32 Å². The Balaban J connectivity index is 2.05. The Bertz CT molecular complexity index is 893. The highest BCUT2D eigenvalue weighted by Gasteiger charge is 2.24. The molecule has 2 rings (SSSR count). The SMILES string of the molecule is CCOP(=O)(Cc1ccc(C(=O)N[C@@H](Cc2ccc(I)cc2)C(N)=O)cc1)OCC. The number of carbonyl (C=O) groups excluding carboxylic acids is 2. The van der Waals surface area contributed by atoms with Crippen molar-refractivity contribution in [2.24, 2.45) is 5.73 Å². The van der Waals surface area contributed by atoms with Crippen molar-refractivity contribution in [3.8, 4) is 0 Å². The van der Waals surface area contributed by atoms with Crippen molar-refractivity contribution in [1.29, 1.82) is 0 Å². The van der Waals surface area contributed by atoms with Gasteiger partial charge in [0.05, 0.1) is 19.4 Å². The van der Waals surface area contributed by atoms with E-state index < -0.39 is 25.5 Å². The van der Waals surface area contributed by atoms with Crippen molar-refractivity contribution in [3.63, 3.8) is 0 Å². The summed E-state index contributed by atoms with van der Waals surface area (Å²) in [5, 5.41) is 2.68. The number of hydrogen-bond donors (Lipinski definition) is 2.